The summed E-state index contributed by atoms with van der Waals surface area (Å²) >= 11 is 3.57. The monoisotopic (exact) mass is 1370 g/mol. The van der Waals surface area contributed by atoms with E-state index in [1.54, 1.807) is 0 Å². The maximum atomic E-state index is 9.85. The molecule has 2 aromatic heterocycles. The quantitative estimate of drug-likeness (QED) is 0.149. The number of benzene rings is 14. The average Bonchev–Trinajstić information content (AvgIpc) is 1.52. The Morgan fingerprint density at radius 2 is 0.471 bits per heavy atom. The molecule has 4 nitrogen and oxygen atoms in total. The van der Waals surface area contributed by atoms with Gasteiger partial charge in [-0.15, -0.1) is 0 Å². The number of halogens is 1. The Kier molecular flexibility index (Phi) is 15.7. The molecule has 4 aliphatic carbocycles. The highest BCUT2D eigenvalue weighted by atomic mass is 79.9. The van der Waals surface area contributed by atoms with Crippen LogP contribution in [0, 0.1) is 0 Å². The van der Waals surface area contributed by atoms with Gasteiger partial charge in [-0.3, -0.25) is 0 Å². The molecule has 0 unspecified atom stereocenters. The van der Waals surface area contributed by atoms with Gasteiger partial charge in [0.25, 0.3) is 0 Å². The van der Waals surface area contributed by atoms with Crippen LogP contribution in [0.3, 0.4) is 0 Å². The summed E-state index contributed by atoms with van der Waals surface area (Å²) < 4.78 is 1.07. The minimum atomic E-state index is -1.49. The average molecular weight is 1370 g/mol. The second-order valence-corrected chi connectivity index (χ2v) is 27.4. The van der Waals surface area contributed by atoms with Gasteiger partial charge < -0.3 is 10.0 Å². The van der Waals surface area contributed by atoms with Crippen molar-refractivity contribution in [2.45, 2.75) is 10.8 Å². The Hall–Kier alpha value is -12.2. The van der Waals surface area contributed by atoms with Gasteiger partial charge in [-0.1, -0.05) is 344 Å². The summed E-state index contributed by atoms with van der Waals surface area (Å²) in [4.78, 5) is 10.0. The number of pyridine rings is 2. The topological polar surface area (TPSA) is 66.2 Å². The lowest BCUT2D eigenvalue weighted by molar-refractivity contribution is 0.425. The Morgan fingerprint density at radius 1 is 0.206 bits per heavy atom. The van der Waals surface area contributed by atoms with E-state index in [1.807, 2.05) is 60.7 Å². The molecule has 102 heavy (non-hydrogen) atoms. The maximum absolute atomic E-state index is 9.85. The maximum Gasteiger partial charge on any atom is 0.488 e. The van der Waals surface area contributed by atoms with Crippen molar-refractivity contribution in [3.8, 4) is 123 Å². The van der Waals surface area contributed by atoms with E-state index in [2.05, 4.69) is 331 Å². The van der Waals surface area contributed by atoms with Crippen LogP contribution in [0.5, 0.6) is 0 Å². The first-order valence-corrected chi connectivity index (χ1v) is 35.5. The zero-order valence-electron chi connectivity index (χ0n) is 55.5. The number of aromatic nitrogens is 2. The SMILES string of the molecule is Brc1cccc(-c2cc(-c3ccccc3)nc(-c3ccccc3)c2)c1.OB(O)c1ccc2c(c1)C1(c3ccccc3-c3ccccc31)c1ccccc1-2.c1ccc(-c2cc(-c3cccc(-c4ccc5c(c4)C4(c6ccccc6-c6ccccc64)c4ccccc4-5)c3)cc(-c3ccccc3)n2)cc1. The first-order chi connectivity index (χ1) is 50.3. The molecule has 0 amide bonds. The molecule has 2 spiro atoms. The summed E-state index contributed by atoms with van der Waals surface area (Å²) in [5.74, 6) is 0. The zero-order valence-corrected chi connectivity index (χ0v) is 57.1. The number of nitrogens with zero attached hydrogens (tertiary/aromatic N) is 2. The molecule has 0 atom stereocenters. The Bertz CT molecular complexity index is 5650. The fourth-order valence-electron chi connectivity index (χ4n) is 16.5. The number of rotatable bonds is 8. The third-order valence-electron chi connectivity index (χ3n) is 20.9. The van der Waals surface area contributed by atoms with Crippen LogP contribution in [0.1, 0.15) is 44.5 Å². The lowest BCUT2D eigenvalue weighted by Crippen LogP contribution is -2.32. The lowest BCUT2D eigenvalue weighted by Gasteiger charge is -2.30. The minimum absolute atomic E-state index is 0.354. The summed E-state index contributed by atoms with van der Waals surface area (Å²) in [6, 6.07) is 133. The summed E-state index contributed by atoms with van der Waals surface area (Å²) in [6.07, 6.45) is 0. The fraction of sp³-hybridized carbons (Fsp3) is 0.0208. The Labute approximate surface area is 603 Å². The largest absolute Gasteiger partial charge is 0.488 e. The van der Waals surface area contributed by atoms with Crippen LogP contribution in [-0.2, 0) is 10.8 Å². The van der Waals surface area contributed by atoms with E-state index in [9.17, 15) is 10.0 Å². The van der Waals surface area contributed by atoms with E-state index in [1.165, 1.54) is 100 Å². The van der Waals surface area contributed by atoms with Crippen molar-refractivity contribution in [3.63, 3.8) is 0 Å². The third-order valence-corrected chi connectivity index (χ3v) is 21.4. The molecule has 16 aromatic rings. The molecule has 6 heteroatoms. The third kappa shape index (κ3) is 10.4. The predicted molar refractivity (Wildman–Crippen MR) is 423 cm³/mol. The number of fused-ring (bicyclic) bond motifs is 20. The highest BCUT2D eigenvalue weighted by Crippen LogP contribution is 2.64. The van der Waals surface area contributed by atoms with E-state index in [-0.39, 0.29) is 5.41 Å². The molecular weight excluding hydrogens is 1300 g/mol. The highest BCUT2D eigenvalue weighted by molar-refractivity contribution is 9.10. The fourth-order valence-corrected chi connectivity index (χ4v) is 16.9. The van der Waals surface area contributed by atoms with Crippen LogP contribution in [0.25, 0.3) is 123 Å². The molecule has 14 aromatic carbocycles. The van der Waals surface area contributed by atoms with Crippen molar-refractivity contribution < 1.29 is 10.0 Å². The van der Waals surface area contributed by atoms with Crippen molar-refractivity contribution in [1.29, 1.82) is 0 Å². The summed E-state index contributed by atoms with van der Waals surface area (Å²) in [5, 5.41) is 19.7. The van der Waals surface area contributed by atoms with Crippen LogP contribution in [0.15, 0.2) is 381 Å². The summed E-state index contributed by atoms with van der Waals surface area (Å²) in [7, 11) is -1.49. The predicted octanol–water partition coefficient (Wildman–Crippen LogP) is 22.6. The molecule has 0 radical (unpaired) electrons. The summed E-state index contributed by atoms with van der Waals surface area (Å²) in [6.45, 7) is 0. The van der Waals surface area contributed by atoms with Gasteiger partial charge in [0, 0.05) is 26.7 Å². The van der Waals surface area contributed by atoms with Crippen LogP contribution >= 0.6 is 15.9 Å². The van der Waals surface area contributed by atoms with E-state index in [0.717, 1.165) is 71.8 Å². The van der Waals surface area contributed by atoms with Gasteiger partial charge >= 0.3 is 7.12 Å². The standard InChI is InChI=1S/C48H31N.C25H17BO2.C23H16BrN/c1-3-14-32(15-4-1)46-30-37(31-47(49-46)33-16-5-2-6-17-33)35-19-13-18-34(28-35)36-26-27-41-40-22-9-12-25-44(40)48(45(41)29-36)42-23-10-7-20-38(42)39-21-8-11-24-43(39)48;27-26(28)16-13-14-20-19-9-3-6-12-23(19)25(24(20)15-16)21-10-4-1-7-17(21)18-8-2-5-11-22(18)25;24-21-13-7-12-19(14-21)20-15-22(17-8-3-1-4-9-17)25-23(16-20)18-10-5-2-6-11-18/h1-31H;1-15,27-28H;1-16H. The second-order valence-electron chi connectivity index (χ2n) is 26.5. The molecule has 0 saturated heterocycles. The number of hydrogen-bond acceptors (Lipinski definition) is 4. The highest BCUT2D eigenvalue weighted by Gasteiger charge is 2.53. The summed E-state index contributed by atoms with van der Waals surface area (Å²) in [5.41, 5.74) is 35.7. The van der Waals surface area contributed by atoms with Gasteiger partial charge in [0.15, 0.2) is 0 Å². The van der Waals surface area contributed by atoms with Crippen LogP contribution in [-0.4, -0.2) is 27.1 Å². The molecular formula is C96H64BBrN2O2. The van der Waals surface area contributed by atoms with Crippen molar-refractivity contribution >= 4 is 28.5 Å². The normalized spacial score (nSPS) is 12.8. The molecule has 0 saturated carbocycles. The molecule has 2 N–H and O–H groups in total. The van der Waals surface area contributed by atoms with Gasteiger partial charge in [0.2, 0.25) is 0 Å². The first-order valence-electron chi connectivity index (χ1n) is 34.7. The molecule has 480 valence electrons. The van der Waals surface area contributed by atoms with Crippen molar-refractivity contribution in [2.24, 2.45) is 0 Å². The second kappa shape index (κ2) is 25.9. The van der Waals surface area contributed by atoms with E-state index in [0.29, 0.717) is 5.46 Å². The van der Waals surface area contributed by atoms with Gasteiger partial charge in [-0.2, -0.15) is 0 Å². The van der Waals surface area contributed by atoms with Crippen molar-refractivity contribution in [1.82, 2.24) is 9.97 Å². The Balaban J connectivity index is 0.000000119. The van der Waals surface area contributed by atoms with E-state index >= 15 is 0 Å². The van der Waals surface area contributed by atoms with Crippen LogP contribution < -0.4 is 5.46 Å². The molecule has 0 fully saturated rings. The van der Waals surface area contributed by atoms with Gasteiger partial charge in [-0.05, 0) is 176 Å². The smallest absolute Gasteiger partial charge is 0.423 e. The molecule has 0 aliphatic heterocycles. The molecule has 0 bridgehead atoms. The minimum Gasteiger partial charge on any atom is -0.423 e. The molecule has 4 aliphatic rings. The van der Waals surface area contributed by atoms with Gasteiger partial charge in [0.1, 0.15) is 0 Å². The number of hydrogen-bond donors (Lipinski definition) is 2. The zero-order chi connectivity index (χ0) is 68.3. The van der Waals surface area contributed by atoms with E-state index in [4.69, 9.17) is 9.97 Å². The lowest BCUT2D eigenvalue weighted by atomic mass is 9.68. The van der Waals surface area contributed by atoms with Crippen molar-refractivity contribution in [2.75, 3.05) is 0 Å². The van der Waals surface area contributed by atoms with Gasteiger partial charge in [-0.25, -0.2) is 9.97 Å². The molecule has 2 heterocycles. The Morgan fingerprint density at radius 3 is 0.814 bits per heavy atom. The van der Waals surface area contributed by atoms with Crippen LogP contribution in [0.2, 0.25) is 0 Å². The van der Waals surface area contributed by atoms with Crippen molar-refractivity contribution in [3.05, 3.63) is 425 Å². The molecule has 20 rings (SSSR count). The van der Waals surface area contributed by atoms with E-state index < -0.39 is 12.5 Å². The van der Waals surface area contributed by atoms with Gasteiger partial charge in [0.05, 0.1) is 33.6 Å². The first kappa shape index (κ1) is 62.1. The van der Waals surface area contributed by atoms with Crippen LogP contribution in [0.4, 0.5) is 0 Å².